The lowest BCUT2D eigenvalue weighted by Gasteiger charge is -2.19. The summed E-state index contributed by atoms with van der Waals surface area (Å²) in [5, 5.41) is 0. The quantitative estimate of drug-likeness (QED) is 0.788. The molecule has 0 amide bonds. The molecule has 4 heteroatoms. The standard InChI is InChI=1S/C14H17N3O/c1-3-9-16(10-4-2)11-17-13-8-6-5-7-12(13)15-14(17)18/h3-8H,1-2,9-11H2,(H,15,18). The van der Waals surface area contributed by atoms with Gasteiger partial charge >= 0.3 is 5.69 Å². The van der Waals surface area contributed by atoms with Crippen LogP contribution in [0.2, 0.25) is 0 Å². The van der Waals surface area contributed by atoms with Gasteiger partial charge in [-0.25, -0.2) is 4.79 Å². The van der Waals surface area contributed by atoms with E-state index in [4.69, 9.17) is 0 Å². The van der Waals surface area contributed by atoms with Gasteiger partial charge in [-0.1, -0.05) is 24.3 Å². The Kier molecular flexibility index (Phi) is 3.79. The molecule has 4 nitrogen and oxygen atoms in total. The van der Waals surface area contributed by atoms with Gasteiger partial charge < -0.3 is 4.98 Å². The number of hydrogen-bond acceptors (Lipinski definition) is 2. The van der Waals surface area contributed by atoms with Gasteiger partial charge in [-0.15, -0.1) is 13.2 Å². The van der Waals surface area contributed by atoms with E-state index in [9.17, 15) is 4.79 Å². The van der Waals surface area contributed by atoms with Crippen molar-refractivity contribution >= 4 is 11.0 Å². The highest BCUT2D eigenvalue weighted by Crippen LogP contribution is 2.09. The first-order chi connectivity index (χ1) is 8.76. The van der Waals surface area contributed by atoms with E-state index in [1.807, 2.05) is 36.4 Å². The summed E-state index contributed by atoms with van der Waals surface area (Å²) in [4.78, 5) is 16.8. The number of H-pyrrole nitrogens is 1. The third-order valence-electron chi connectivity index (χ3n) is 2.80. The third kappa shape index (κ3) is 2.43. The van der Waals surface area contributed by atoms with Crippen LogP contribution in [-0.4, -0.2) is 27.5 Å². The molecule has 0 aliphatic heterocycles. The summed E-state index contributed by atoms with van der Waals surface area (Å²) < 4.78 is 1.72. The van der Waals surface area contributed by atoms with Gasteiger partial charge in [-0.2, -0.15) is 0 Å². The second kappa shape index (κ2) is 5.51. The highest BCUT2D eigenvalue weighted by atomic mass is 16.1. The van der Waals surface area contributed by atoms with Crippen LogP contribution in [0.25, 0.3) is 11.0 Å². The number of hydrogen-bond donors (Lipinski definition) is 1. The first kappa shape index (κ1) is 12.4. The first-order valence-corrected chi connectivity index (χ1v) is 5.88. The fourth-order valence-electron chi connectivity index (χ4n) is 2.00. The average molecular weight is 243 g/mol. The largest absolute Gasteiger partial charge is 0.327 e. The third-order valence-corrected chi connectivity index (χ3v) is 2.80. The Labute approximate surface area is 106 Å². The summed E-state index contributed by atoms with van der Waals surface area (Å²) in [5.74, 6) is 0. The maximum absolute atomic E-state index is 11.9. The van der Waals surface area contributed by atoms with E-state index in [-0.39, 0.29) is 5.69 Å². The van der Waals surface area contributed by atoms with Gasteiger partial charge in [0.05, 0.1) is 17.7 Å². The normalized spacial score (nSPS) is 10.9. The first-order valence-electron chi connectivity index (χ1n) is 5.88. The van der Waals surface area contributed by atoms with E-state index in [2.05, 4.69) is 23.0 Å². The number of aromatic amines is 1. The molecule has 94 valence electrons. The van der Waals surface area contributed by atoms with Gasteiger partial charge in [0.15, 0.2) is 0 Å². The lowest BCUT2D eigenvalue weighted by molar-refractivity contribution is 0.268. The van der Waals surface area contributed by atoms with E-state index < -0.39 is 0 Å². The van der Waals surface area contributed by atoms with Gasteiger partial charge in [0.2, 0.25) is 0 Å². The van der Waals surface area contributed by atoms with Crippen molar-refractivity contribution in [2.75, 3.05) is 13.1 Å². The van der Waals surface area contributed by atoms with Crippen LogP contribution in [0, 0.1) is 0 Å². The van der Waals surface area contributed by atoms with Crippen LogP contribution in [0.3, 0.4) is 0 Å². The van der Waals surface area contributed by atoms with Gasteiger partial charge in [0, 0.05) is 13.1 Å². The molecule has 18 heavy (non-hydrogen) atoms. The average Bonchev–Trinajstić information content (AvgIpc) is 2.67. The molecule has 0 unspecified atom stereocenters. The summed E-state index contributed by atoms with van der Waals surface area (Å²) in [7, 11) is 0. The summed E-state index contributed by atoms with van der Waals surface area (Å²) in [6.45, 7) is 9.42. The Bertz CT molecular complexity index is 599. The van der Waals surface area contributed by atoms with Crippen molar-refractivity contribution in [1.82, 2.24) is 14.5 Å². The molecule has 0 aliphatic rings. The Morgan fingerprint density at radius 3 is 2.56 bits per heavy atom. The Hall–Kier alpha value is -2.07. The molecular formula is C14H17N3O. The van der Waals surface area contributed by atoms with Crippen LogP contribution in [0.15, 0.2) is 54.4 Å². The zero-order valence-electron chi connectivity index (χ0n) is 10.3. The predicted molar refractivity (Wildman–Crippen MR) is 74.5 cm³/mol. The molecule has 1 aromatic heterocycles. The van der Waals surface area contributed by atoms with Crippen LogP contribution < -0.4 is 5.69 Å². The number of para-hydroxylation sites is 2. The molecule has 0 spiro atoms. The highest BCUT2D eigenvalue weighted by Gasteiger charge is 2.08. The molecule has 2 rings (SSSR count). The second-order valence-corrected chi connectivity index (χ2v) is 4.13. The molecule has 0 aliphatic carbocycles. The van der Waals surface area contributed by atoms with Crippen molar-refractivity contribution in [2.24, 2.45) is 0 Å². The second-order valence-electron chi connectivity index (χ2n) is 4.13. The van der Waals surface area contributed by atoms with Crippen LogP contribution in [0.1, 0.15) is 0 Å². The molecule has 1 N–H and O–H groups in total. The van der Waals surface area contributed by atoms with Gasteiger partial charge in [0.1, 0.15) is 0 Å². The number of nitrogens with zero attached hydrogens (tertiary/aromatic N) is 2. The smallest absolute Gasteiger partial charge is 0.306 e. The van der Waals surface area contributed by atoms with Gasteiger partial charge in [-0.05, 0) is 12.1 Å². The zero-order valence-corrected chi connectivity index (χ0v) is 10.3. The Morgan fingerprint density at radius 1 is 1.22 bits per heavy atom. The predicted octanol–water partition coefficient (Wildman–Crippen LogP) is 1.96. The number of fused-ring (bicyclic) bond motifs is 1. The number of imidazole rings is 1. The van der Waals surface area contributed by atoms with Gasteiger partial charge in [0.25, 0.3) is 0 Å². The molecule has 1 heterocycles. The lowest BCUT2D eigenvalue weighted by Crippen LogP contribution is -2.31. The van der Waals surface area contributed by atoms with Crippen molar-refractivity contribution in [3.63, 3.8) is 0 Å². The van der Waals surface area contributed by atoms with Crippen LogP contribution in [0.4, 0.5) is 0 Å². The maximum atomic E-state index is 11.9. The molecule has 0 radical (unpaired) electrons. The molecule has 0 saturated carbocycles. The fourth-order valence-corrected chi connectivity index (χ4v) is 2.00. The van der Waals surface area contributed by atoms with Crippen LogP contribution in [-0.2, 0) is 6.67 Å². The van der Waals surface area contributed by atoms with E-state index in [0.717, 1.165) is 24.1 Å². The number of nitrogens with one attached hydrogen (secondary N) is 1. The van der Waals surface area contributed by atoms with E-state index in [1.54, 1.807) is 4.57 Å². The minimum atomic E-state index is -0.0886. The fraction of sp³-hybridized carbons (Fsp3) is 0.214. The molecule has 2 aromatic rings. The Balaban J connectivity index is 2.35. The minimum absolute atomic E-state index is 0.0886. The monoisotopic (exact) mass is 243 g/mol. The molecule has 1 aromatic carbocycles. The van der Waals surface area contributed by atoms with Crippen LogP contribution >= 0.6 is 0 Å². The van der Waals surface area contributed by atoms with Crippen LogP contribution in [0.5, 0.6) is 0 Å². The highest BCUT2D eigenvalue weighted by molar-refractivity contribution is 5.74. The molecule has 0 saturated heterocycles. The van der Waals surface area contributed by atoms with Gasteiger partial charge in [-0.3, -0.25) is 9.47 Å². The minimum Gasteiger partial charge on any atom is -0.306 e. The summed E-state index contributed by atoms with van der Waals surface area (Å²) in [5.41, 5.74) is 1.69. The molecule has 0 atom stereocenters. The SMILES string of the molecule is C=CCN(CC=C)Cn1c(=O)[nH]c2ccccc21. The summed E-state index contributed by atoms with van der Waals surface area (Å²) >= 11 is 0. The number of aromatic nitrogens is 2. The van der Waals surface area contributed by atoms with E-state index in [0.29, 0.717) is 6.67 Å². The zero-order chi connectivity index (χ0) is 13.0. The summed E-state index contributed by atoms with van der Waals surface area (Å²) in [6, 6.07) is 7.68. The number of rotatable bonds is 6. The van der Waals surface area contributed by atoms with E-state index in [1.165, 1.54) is 0 Å². The van der Waals surface area contributed by atoms with Crippen molar-refractivity contribution in [1.29, 1.82) is 0 Å². The molecule has 0 fully saturated rings. The Morgan fingerprint density at radius 2 is 1.89 bits per heavy atom. The van der Waals surface area contributed by atoms with Crippen molar-refractivity contribution < 1.29 is 0 Å². The lowest BCUT2D eigenvalue weighted by atomic mass is 10.3. The van der Waals surface area contributed by atoms with Crippen molar-refractivity contribution in [2.45, 2.75) is 6.67 Å². The topological polar surface area (TPSA) is 41.0 Å². The van der Waals surface area contributed by atoms with Crippen molar-refractivity contribution in [3.05, 3.63) is 60.1 Å². The molecular weight excluding hydrogens is 226 g/mol. The van der Waals surface area contributed by atoms with Crippen molar-refractivity contribution in [3.8, 4) is 0 Å². The molecule has 0 bridgehead atoms. The number of benzene rings is 1. The van der Waals surface area contributed by atoms with E-state index >= 15 is 0 Å². The maximum Gasteiger partial charge on any atom is 0.327 e. The summed E-state index contributed by atoms with van der Waals surface area (Å²) in [6.07, 6.45) is 3.65.